The summed E-state index contributed by atoms with van der Waals surface area (Å²) in [6.07, 6.45) is -3.02. The minimum Gasteiger partial charge on any atom is -0.504 e. The molecular formula is C10H12BrF2NO2. The van der Waals surface area contributed by atoms with Crippen LogP contribution in [0.4, 0.5) is 8.78 Å². The summed E-state index contributed by atoms with van der Waals surface area (Å²) in [5.74, 6) is 0.00735. The molecular weight excluding hydrogens is 284 g/mol. The third-order valence-corrected chi connectivity index (χ3v) is 2.58. The van der Waals surface area contributed by atoms with Gasteiger partial charge in [0.1, 0.15) is 0 Å². The summed E-state index contributed by atoms with van der Waals surface area (Å²) < 4.78 is 29.9. The Labute approximate surface area is 100 Å². The topological polar surface area (TPSA) is 55.5 Å². The summed E-state index contributed by atoms with van der Waals surface area (Å²) in [5.41, 5.74) is 5.82. The minimum absolute atomic E-state index is 0.196. The number of hydrogen-bond acceptors (Lipinski definition) is 3. The SMILES string of the molecule is COc1cc(Br)cc([C@@H](N)CC(F)F)c1O. The minimum atomic E-state index is -2.51. The van der Waals surface area contributed by atoms with E-state index in [4.69, 9.17) is 10.5 Å². The third-order valence-electron chi connectivity index (χ3n) is 2.12. The number of nitrogens with two attached hydrogens (primary N) is 1. The van der Waals surface area contributed by atoms with Gasteiger partial charge in [-0.25, -0.2) is 8.78 Å². The second kappa shape index (κ2) is 5.45. The van der Waals surface area contributed by atoms with Gasteiger partial charge >= 0.3 is 0 Å². The third kappa shape index (κ3) is 3.05. The monoisotopic (exact) mass is 295 g/mol. The molecule has 3 nitrogen and oxygen atoms in total. The van der Waals surface area contributed by atoms with Gasteiger partial charge in [-0.2, -0.15) is 0 Å². The second-order valence-electron chi connectivity index (χ2n) is 3.28. The summed E-state index contributed by atoms with van der Waals surface area (Å²) in [6.45, 7) is 0. The Morgan fingerprint density at radius 3 is 2.62 bits per heavy atom. The van der Waals surface area contributed by atoms with Crippen molar-refractivity contribution in [2.75, 3.05) is 7.11 Å². The van der Waals surface area contributed by atoms with Gasteiger partial charge in [-0.05, 0) is 12.1 Å². The molecule has 16 heavy (non-hydrogen) atoms. The molecule has 3 N–H and O–H groups in total. The van der Waals surface area contributed by atoms with Crippen molar-refractivity contribution in [2.24, 2.45) is 5.73 Å². The zero-order chi connectivity index (χ0) is 12.3. The Kier molecular flexibility index (Phi) is 4.49. The second-order valence-corrected chi connectivity index (χ2v) is 4.19. The maximum atomic E-state index is 12.2. The summed E-state index contributed by atoms with van der Waals surface area (Å²) in [6, 6.07) is 2.12. The van der Waals surface area contributed by atoms with Crippen LogP contribution in [0.1, 0.15) is 18.0 Å². The molecule has 1 aromatic carbocycles. The van der Waals surface area contributed by atoms with Gasteiger partial charge in [0.15, 0.2) is 11.5 Å². The van der Waals surface area contributed by atoms with Crippen LogP contribution < -0.4 is 10.5 Å². The van der Waals surface area contributed by atoms with Crippen molar-refractivity contribution in [3.05, 3.63) is 22.2 Å². The average Bonchev–Trinajstić information content (AvgIpc) is 2.19. The van der Waals surface area contributed by atoms with E-state index in [0.717, 1.165) is 0 Å². The number of phenols is 1. The lowest BCUT2D eigenvalue weighted by molar-refractivity contribution is 0.128. The quantitative estimate of drug-likeness (QED) is 0.898. The molecule has 1 rings (SSSR count). The fourth-order valence-corrected chi connectivity index (χ4v) is 1.81. The standard InChI is InChI=1S/C10H12BrF2NO2/c1-16-8-3-5(11)2-6(10(8)15)7(14)4-9(12)13/h2-3,7,9,15H,4,14H2,1H3/t7-/m0/s1. The van der Waals surface area contributed by atoms with Crippen LogP contribution in [0.2, 0.25) is 0 Å². The van der Waals surface area contributed by atoms with E-state index >= 15 is 0 Å². The van der Waals surface area contributed by atoms with Gasteiger partial charge in [-0.1, -0.05) is 15.9 Å². The molecule has 0 aromatic heterocycles. The molecule has 0 bridgehead atoms. The van der Waals surface area contributed by atoms with E-state index < -0.39 is 18.9 Å². The van der Waals surface area contributed by atoms with Crippen molar-refractivity contribution in [1.29, 1.82) is 0 Å². The van der Waals surface area contributed by atoms with Crippen LogP contribution in [0.3, 0.4) is 0 Å². The summed E-state index contributed by atoms with van der Waals surface area (Å²) in [7, 11) is 1.38. The predicted octanol–water partition coefficient (Wildman–Crippen LogP) is 2.82. The predicted molar refractivity (Wildman–Crippen MR) is 59.9 cm³/mol. The van der Waals surface area contributed by atoms with E-state index in [2.05, 4.69) is 15.9 Å². The van der Waals surface area contributed by atoms with Crippen LogP contribution in [0.15, 0.2) is 16.6 Å². The molecule has 0 saturated heterocycles. The van der Waals surface area contributed by atoms with Crippen molar-refractivity contribution < 1.29 is 18.6 Å². The average molecular weight is 296 g/mol. The molecule has 0 fully saturated rings. The van der Waals surface area contributed by atoms with E-state index in [1.807, 2.05) is 0 Å². The van der Waals surface area contributed by atoms with Gasteiger partial charge in [0, 0.05) is 22.5 Å². The van der Waals surface area contributed by atoms with Crippen molar-refractivity contribution >= 4 is 15.9 Å². The molecule has 0 spiro atoms. The van der Waals surface area contributed by atoms with Gasteiger partial charge < -0.3 is 15.6 Å². The van der Waals surface area contributed by atoms with Crippen molar-refractivity contribution in [2.45, 2.75) is 18.9 Å². The Balaban J connectivity index is 3.07. The Morgan fingerprint density at radius 1 is 1.50 bits per heavy atom. The van der Waals surface area contributed by atoms with E-state index in [1.54, 1.807) is 0 Å². The highest BCUT2D eigenvalue weighted by Crippen LogP contribution is 2.37. The first-order valence-corrected chi connectivity index (χ1v) is 5.35. The summed E-state index contributed by atoms with van der Waals surface area (Å²) >= 11 is 3.19. The van der Waals surface area contributed by atoms with E-state index in [1.165, 1.54) is 19.2 Å². The highest BCUT2D eigenvalue weighted by molar-refractivity contribution is 9.10. The normalized spacial score (nSPS) is 12.9. The molecule has 0 aliphatic heterocycles. The first-order valence-electron chi connectivity index (χ1n) is 4.55. The van der Waals surface area contributed by atoms with E-state index in [0.29, 0.717) is 4.47 Å². The number of benzene rings is 1. The zero-order valence-corrected chi connectivity index (χ0v) is 10.2. The molecule has 0 radical (unpaired) electrons. The van der Waals surface area contributed by atoms with Gasteiger partial charge in [-0.15, -0.1) is 0 Å². The van der Waals surface area contributed by atoms with Gasteiger partial charge in [-0.3, -0.25) is 0 Å². The molecule has 0 heterocycles. The van der Waals surface area contributed by atoms with Crippen LogP contribution in [-0.2, 0) is 0 Å². The number of aromatic hydroxyl groups is 1. The molecule has 0 aliphatic rings. The Hall–Kier alpha value is -0.880. The molecule has 6 heteroatoms. The van der Waals surface area contributed by atoms with E-state index in [-0.39, 0.29) is 17.1 Å². The van der Waals surface area contributed by atoms with E-state index in [9.17, 15) is 13.9 Å². The fraction of sp³-hybridized carbons (Fsp3) is 0.400. The van der Waals surface area contributed by atoms with Gasteiger partial charge in [0.25, 0.3) is 0 Å². The van der Waals surface area contributed by atoms with Crippen molar-refractivity contribution in [3.8, 4) is 11.5 Å². The molecule has 0 amide bonds. The van der Waals surface area contributed by atoms with Crippen LogP contribution in [-0.4, -0.2) is 18.6 Å². The Morgan fingerprint density at radius 2 is 2.12 bits per heavy atom. The van der Waals surface area contributed by atoms with Crippen LogP contribution >= 0.6 is 15.9 Å². The Bertz CT molecular complexity index is 374. The fourth-order valence-electron chi connectivity index (χ4n) is 1.35. The van der Waals surface area contributed by atoms with Crippen molar-refractivity contribution in [3.63, 3.8) is 0 Å². The first-order chi connectivity index (χ1) is 7.45. The number of hydrogen-bond donors (Lipinski definition) is 2. The lowest BCUT2D eigenvalue weighted by Crippen LogP contribution is -2.14. The maximum absolute atomic E-state index is 12.2. The number of ether oxygens (including phenoxy) is 1. The zero-order valence-electron chi connectivity index (χ0n) is 8.58. The number of halogens is 3. The molecule has 1 aromatic rings. The van der Waals surface area contributed by atoms with Gasteiger partial charge in [0.2, 0.25) is 6.43 Å². The van der Waals surface area contributed by atoms with Crippen LogP contribution in [0, 0.1) is 0 Å². The molecule has 90 valence electrons. The molecule has 1 atom stereocenters. The number of phenolic OH excluding ortho intramolecular Hbond substituents is 1. The highest BCUT2D eigenvalue weighted by Gasteiger charge is 2.19. The van der Waals surface area contributed by atoms with Crippen LogP contribution in [0.25, 0.3) is 0 Å². The number of alkyl halides is 2. The largest absolute Gasteiger partial charge is 0.504 e. The summed E-state index contributed by atoms with van der Waals surface area (Å²) in [4.78, 5) is 0. The first kappa shape index (κ1) is 13.2. The number of methoxy groups -OCH3 is 1. The number of rotatable bonds is 4. The molecule has 0 unspecified atom stereocenters. The van der Waals surface area contributed by atoms with Crippen LogP contribution in [0.5, 0.6) is 11.5 Å². The smallest absolute Gasteiger partial charge is 0.240 e. The van der Waals surface area contributed by atoms with Crippen molar-refractivity contribution in [1.82, 2.24) is 0 Å². The lowest BCUT2D eigenvalue weighted by Gasteiger charge is -2.15. The molecule has 0 saturated carbocycles. The summed E-state index contributed by atoms with van der Waals surface area (Å²) in [5, 5.41) is 9.73. The molecule has 0 aliphatic carbocycles. The van der Waals surface area contributed by atoms with Gasteiger partial charge in [0.05, 0.1) is 7.11 Å². The lowest BCUT2D eigenvalue weighted by atomic mass is 10.0. The maximum Gasteiger partial charge on any atom is 0.240 e. The highest BCUT2D eigenvalue weighted by atomic mass is 79.9.